The first-order valence-electron chi connectivity index (χ1n) is 10.5. The lowest BCUT2D eigenvalue weighted by Gasteiger charge is -2.15. The van der Waals surface area contributed by atoms with Crippen molar-refractivity contribution < 1.29 is 13.6 Å². The maximum Gasteiger partial charge on any atom is 0.285 e. The monoisotopic (exact) mass is 455 g/mol. The van der Waals surface area contributed by atoms with Crippen molar-refractivity contribution in [2.45, 2.75) is 13.0 Å². The van der Waals surface area contributed by atoms with Gasteiger partial charge in [0.25, 0.3) is 5.91 Å². The molecule has 4 N–H and O–H groups in total. The summed E-state index contributed by atoms with van der Waals surface area (Å²) in [5.74, 6) is 0.351. The predicted molar refractivity (Wildman–Crippen MR) is 134 cm³/mol. The second-order valence-electron chi connectivity index (χ2n) is 7.75. The van der Waals surface area contributed by atoms with Crippen LogP contribution in [0.5, 0.6) is 0 Å². The summed E-state index contributed by atoms with van der Waals surface area (Å²) in [7, 11) is 0. The van der Waals surface area contributed by atoms with Crippen LogP contribution in [0.1, 0.15) is 29.3 Å². The van der Waals surface area contributed by atoms with E-state index in [-0.39, 0.29) is 11.8 Å². The molecule has 0 saturated heterocycles. The number of nitrogens with two attached hydrogens (primary N) is 1. The maximum absolute atomic E-state index is 11.9. The summed E-state index contributed by atoms with van der Waals surface area (Å²) in [6.07, 6.45) is 0. The maximum atomic E-state index is 11.9. The van der Waals surface area contributed by atoms with E-state index in [1.807, 2.05) is 85.8 Å². The molecule has 5 aromatic rings. The molecule has 5 rings (SSSR count). The van der Waals surface area contributed by atoms with Gasteiger partial charge in [-0.2, -0.15) is 0 Å². The molecule has 3 aromatic carbocycles. The zero-order valence-corrected chi connectivity index (χ0v) is 18.6. The number of fused-ring (bicyclic) bond motifs is 2. The van der Waals surface area contributed by atoms with Crippen LogP contribution in [-0.4, -0.2) is 11.0 Å². The van der Waals surface area contributed by atoms with Crippen molar-refractivity contribution in [1.82, 2.24) is 5.32 Å². The molecule has 0 saturated carbocycles. The van der Waals surface area contributed by atoms with Gasteiger partial charge in [0.2, 0.25) is 0 Å². The first-order valence-corrected chi connectivity index (χ1v) is 10.9. The number of anilines is 1. The van der Waals surface area contributed by atoms with E-state index in [2.05, 4.69) is 10.6 Å². The number of carbonyl (C=O) groups excluding carboxylic acids is 1. The topological polar surface area (TPSA) is 93.4 Å². The van der Waals surface area contributed by atoms with Gasteiger partial charge in [0.1, 0.15) is 16.9 Å². The fraction of sp³-hybridized carbons (Fsp3) is 0.0769. The van der Waals surface area contributed by atoms with Gasteiger partial charge in [-0.05, 0) is 55.0 Å². The van der Waals surface area contributed by atoms with Crippen LogP contribution < -0.4 is 16.4 Å². The van der Waals surface area contributed by atoms with E-state index < -0.39 is 5.91 Å². The van der Waals surface area contributed by atoms with Gasteiger partial charge < -0.3 is 25.2 Å². The van der Waals surface area contributed by atoms with E-state index >= 15 is 0 Å². The summed E-state index contributed by atoms with van der Waals surface area (Å²) in [6, 6.07) is 24.8. The largest absolute Gasteiger partial charge is 0.459 e. The molecule has 0 radical (unpaired) electrons. The van der Waals surface area contributed by atoms with Gasteiger partial charge >= 0.3 is 0 Å². The van der Waals surface area contributed by atoms with Crippen LogP contribution in [-0.2, 0) is 0 Å². The van der Waals surface area contributed by atoms with Crippen LogP contribution in [0, 0.1) is 0 Å². The van der Waals surface area contributed by atoms with Crippen LogP contribution >= 0.6 is 12.2 Å². The average Bonchev–Trinajstić information content (AvgIpc) is 3.42. The van der Waals surface area contributed by atoms with Gasteiger partial charge in [-0.3, -0.25) is 4.79 Å². The van der Waals surface area contributed by atoms with Gasteiger partial charge in [-0.1, -0.05) is 48.5 Å². The molecular weight excluding hydrogens is 434 g/mol. The van der Waals surface area contributed by atoms with Crippen LogP contribution in [0.3, 0.4) is 0 Å². The minimum atomic E-state index is -0.603. The molecule has 164 valence electrons. The normalized spacial score (nSPS) is 12.0. The third-order valence-corrected chi connectivity index (χ3v) is 5.69. The van der Waals surface area contributed by atoms with Crippen LogP contribution in [0.25, 0.3) is 33.1 Å². The third kappa shape index (κ3) is 4.06. The van der Waals surface area contributed by atoms with Crippen molar-refractivity contribution in [2.75, 3.05) is 5.32 Å². The van der Waals surface area contributed by atoms with Crippen molar-refractivity contribution in [2.24, 2.45) is 5.73 Å². The molecule has 0 aliphatic rings. The molecule has 2 aromatic heterocycles. The quantitative estimate of drug-likeness (QED) is 0.282. The summed E-state index contributed by atoms with van der Waals surface area (Å²) in [4.78, 5) is 11.9. The number of thiocarbonyl (C=S) groups is 1. The fourth-order valence-corrected chi connectivity index (χ4v) is 4.17. The minimum absolute atomic E-state index is 0.105. The lowest BCUT2D eigenvalue weighted by atomic mass is 10.0. The minimum Gasteiger partial charge on any atom is -0.459 e. The van der Waals surface area contributed by atoms with Crippen molar-refractivity contribution in [3.05, 3.63) is 90.4 Å². The Morgan fingerprint density at radius 1 is 0.939 bits per heavy atom. The Morgan fingerprint density at radius 3 is 2.36 bits per heavy atom. The second kappa shape index (κ2) is 8.44. The molecule has 1 amide bonds. The van der Waals surface area contributed by atoms with E-state index in [1.165, 1.54) is 0 Å². The Balaban J connectivity index is 1.32. The van der Waals surface area contributed by atoms with Crippen molar-refractivity contribution in [1.29, 1.82) is 0 Å². The van der Waals surface area contributed by atoms with Crippen LogP contribution in [0.4, 0.5) is 5.69 Å². The molecule has 0 aliphatic carbocycles. The van der Waals surface area contributed by atoms with Gasteiger partial charge in [0.15, 0.2) is 10.9 Å². The Bertz CT molecular complexity index is 1450. The summed E-state index contributed by atoms with van der Waals surface area (Å²) in [5.41, 5.74) is 9.34. The lowest BCUT2D eigenvalue weighted by molar-refractivity contribution is 0.0977. The van der Waals surface area contributed by atoms with E-state index in [0.717, 1.165) is 33.4 Å². The van der Waals surface area contributed by atoms with Gasteiger partial charge in [0, 0.05) is 22.0 Å². The summed E-state index contributed by atoms with van der Waals surface area (Å²) >= 11 is 5.48. The number of primary amides is 1. The highest BCUT2D eigenvalue weighted by molar-refractivity contribution is 7.80. The number of rotatable bonds is 5. The third-order valence-electron chi connectivity index (χ3n) is 5.47. The molecule has 33 heavy (non-hydrogen) atoms. The van der Waals surface area contributed by atoms with Crippen molar-refractivity contribution in [3.8, 4) is 11.1 Å². The van der Waals surface area contributed by atoms with E-state index in [0.29, 0.717) is 16.3 Å². The highest BCUT2D eigenvalue weighted by Crippen LogP contribution is 2.35. The SMILES string of the molecule is CC(NC(=S)Nc1ccc(-c2c(C(N)=O)oc3ccccc23)cc1)c1cc2ccccc2o1. The molecule has 2 heterocycles. The van der Waals surface area contributed by atoms with Crippen LogP contribution in [0.15, 0.2) is 87.7 Å². The molecule has 6 nitrogen and oxygen atoms in total. The number of hydrogen-bond donors (Lipinski definition) is 3. The number of amides is 1. The first-order chi connectivity index (χ1) is 16.0. The average molecular weight is 456 g/mol. The predicted octanol–water partition coefficient (Wildman–Crippen LogP) is 5.99. The zero-order chi connectivity index (χ0) is 22.9. The molecule has 7 heteroatoms. The number of furan rings is 2. The number of para-hydroxylation sites is 2. The highest BCUT2D eigenvalue weighted by Gasteiger charge is 2.20. The number of hydrogen-bond acceptors (Lipinski definition) is 4. The van der Waals surface area contributed by atoms with E-state index in [4.69, 9.17) is 26.8 Å². The van der Waals surface area contributed by atoms with Crippen molar-refractivity contribution in [3.63, 3.8) is 0 Å². The van der Waals surface area contributed by atoms with Crippen molar-refractivity contribution >= 4 is 50.9 Å². The van der Waals surface area contributed by atoms with E-state index in [9.17, 15) is 4.79 Å². The molecule has 0 bridgehead atoms. The Kier molecular flexibility index (Phi) is 5.32. The summed E-state index contributed by atoms with van der Waals surface area (Å²) in [5, 5.41) is 8.80. The van der Waals surface area contributed by atoms with Crippen LogP contribution in [0.2, 0.25) is 0 Å². The number of nitrogens with one attached hydrogen (secondary N) is 2. The molecule has 1 unspecified atom stereocenters. The molecule has 0 aliphatic heterocycles. The number of carbonyl (C=O) groups is 1. The molecule has 1 atom stereocenters. The number of benzene rings is 3. The summed E-state index contributed by atoms with van der Waals surface area (Å²) < 4.78 is 11.6. The Labute approximate surface area is 195 Å². The second-order valence-corrected chi connectivity index (χ2v) is 8.16. The molecule has 0 spiro atoms. The smallest absolute Gasteiger partial charge is 0.285 e. The Hall–Kier alpha value is -4.10. The summed E-state index contributed by atoms with van der Waals surface area (Å²) in [6.45, 7) is 1.99. The first kappa shape index (κ1) is 20.8. The van der Waals surface area contributed by atoms with Gasteiger partial charge in [-0.25, -0.2) is 0 Å². The van der Waals surface area contributed by atoms with Gasteiger partial charge in [-0.15, -0.1) is 0 Å². The molecule has 0 fully saturated rings. The molecular formula is C26H21N3O3S. The Morgan fingerprint density at radius 2 is 1.64 bits per heavy atom. The standard InChI is InChI=1S/C26H21N3O3S/c1-15(22-14-17-6-2-4-8-20(17)31-22)28-26(33)29-18-12-10-16(11-13-18)23-19-7-3-5-9-21(19)32-24(23)25(27)30/h2-15H,1H3,(H2,27,30)(H2,28,29,33). The zero-order valence-electron chi connectivity index (χ0n) is 17.8. The van der Waals surface area contributed by atoms with Gasteiger partial charge in [0.05, 0.1) is 6.04 Å². The fourth-order valence-electron chi connectivity index (χ4n) is 3.88. The highest BCUT2D eigenvalue weighted by atomic mass is 32.1. The lowest BCUT2D eigenvalue weighted by Crippen LogP contribution is -2.30. The van der Waals surface area contributed by atoms with E-state index in [1.54, 1.807) is 0 Å².